The predicted octanol–water partition coefficient (Wildman–Crippen LogP) is 3.02. The largest absolute Gasteiger partial charge is 0.477 e. The van der Waals surface area contributed by atoms with Gasteiger partial charge in [-0.1, -0.05) is 11.3 Å². The van der Waals surface area contributed by atoms with Crippen molar-refractivity contribution in [2.75, 3.05) is 11.9 Å². The number of anilines is 1. The molecule has 0 unspecified atom stereocenters. The summed E-state index contributed by atoms with van der Waals surface area (Å²) in [5.41, 5.74) is 0. The topological polar surface area (TPSA) is 90.6 Å². The highest BCUT2D eigenvalue weighted by Crippen LogP contribution is 2.29. The summed E-state index contributed by atoms with van der Waals surface area (Å²) in [6, 6.07) is 3.73. The van der Waals surface area contributed by atoms with E-state index < -0.39 is 0 Å². The Labute approximate surface area is 169 Å². The van der Waals surface area contributed by atoms with Gasteiger partial charge in [-0.25, -0.2) is 4.98 Å². The first kappa shape index (κ1) is 21.3. The minimum atomic E-state index is 0.615. The first-order valence-corrected chi connectivity index (χ1v) is 9.68. The highest BCUT2D eigenvalue weighted by atomic mass is 32.1. The van der Waals surface area contributed by atoms with Gasteiger partial charge in [0.05, 0.1) is 13.2 Å². The van der Waals surface area contributed by atoms with Gasteiger partial charge in [0.2, 0.25) is 5.88 Å². The molecule has 1 aliphatic rings. The minimum absolute atomic E-state index is 0.615. The van der Waals surface area contributed by atoms with Gasteiger partial charge in [-0.05, 0) is 38.7 Å². The number of rotatable bonds is 6. The molecule has 0 atom stereocenters. The summed E-state index contributed by atoms with van der Waals surface area (Å²) >= 11 is 1.58. The average Bonchev–Trinajstić information content (AvgIpc) is 3.24. The van der Waals surface area contributed by atoms with Crippen LogP contribution in [-0.2, 0) is 13.6 Å². The van der Waals surface area contributed by atoms with Crippen molar-refractivity contribution in [2.24, 2.45) is 13.0 Å². The molecule has 0 spiro atoms. The second-order valence-corrected chi connectivity index (χ2v) is 7.41. The molecule has 148 valence electrons. The number of aromatic nitrogens is 6. The Morgan fingerprint density at radius 1 is 1.25 bits per heavy atom. The van der Waals surface area contributed by atoms with Crippen LogP contribution in [0, 0.1) is 32.6 Å². The number of hydrogen-bond donors (Lipinski definition) is 1. The molecule has 1 saturated carbocycles. The van der Waals surface area contributed by atoms with Crippen molar-refractivity contribution in [3.8, 4) is 18.7 Å². The summed E-state index contributed by atoms with van der Waals surface area (Å²) in [5, 5.41) is 17.0. The second-order valence-electron chi connectivity index (χ2n) is 6.14. The summed E-state index contributed by atoms with van der Waals surface area (Å²) < 4.78 is 7.44. The Hall–Kier alpha value is -2.99. The Kier molecular flexibility index (Phi) is 8.37. The molecule has 3 aromatic heterocycles. The Morgan fingerprint density at radius 2 is 2.04 bits per heavy atom. The lowest BCUT2D eigenvalue weighted by Crippen LogP contribution is -2.06. The van der Waals surface area contributed by atoms with Crippen molar-refractivity contribution in [1.82, 2.24) is 29.9 Å². The molecule has 4 rings (SSSR count). The van der Waals surface area contributed by atoms with Crippen LogP contribution in [0.1, 0.15) is 28.7 Å². The fourth-order valence-electron chi connectivity index (χ4n) is 2.11. The lowest BCUT2D eigenvalue weighted by Gasteiger charge is -2.08. The lowest BCUT2D eigenvalue weighted by molar-refractivity contribution is 0.287. The SMILES string of the molecule is C#C.Cc1nc(NCc2nnc(C)s2)cc(OCC2CC2)n1.Cn1cccn1. The van der Waals surface area contributed by atoms with Gasteiger partial charge in [-0.15, -0.1) is 23.0 Å². The summed E-state index contributed by atoms with van der Waals surface area (Å²) in [4.78, 5) is 8.65. The van der Waals surface area contributed by atoms with Crippen LogP contribution in [0.3, 0.4) is 0 Å². The van der Waals surface area contributed by atoms with Crippen LogP contribution >= 0.6 is 11.3 Å². The van der Waals surface area contributed by atoms with Crippen molar-refractivity contribution >= 4 is 17.2 Å². The number of hydrogen-bond acceptors (Lipinski definition) is 8. The summed E-state index contributed by atoms with van der Waals surface area (Å²) in [7, 11) is 1.89. The highest BCUT2D eigenvalue weighted by molar-refractivity contribution is 7.11. The molecule has 0 aromatic carbocycles. The van der Waals surface area contributed by atoms with Gasteiger partial charge in [-0.2, -0.15) is 10.1 Å². The molecule has 3 heterocycles. The smallest absolute Gasteiger partial charge is 0.218 e. The highest BCUT2D eigenvalue weighted by Gasteiger charge is 2.22. The normalized spacial score (nSPS) is 12.2. The van der Waals surface area contributed by atoms with Crippen LogP contribution in [0.2, 0.25) is 0 Å². The van der Waals surface area contributed by atoms with Crippen LogP contribution in [0.5, 0.6) is 5.88 Å². The third kappa shape index (κ3) is 7.72. The third-order valence-electron chi connectivity index (χ3n) is 3.60. The molecule has 0 bridgehead atoms. The van der Waals surface area contributed by atoms with Crippen molar-refractivity contribution in [3.63, 3.8) is 0 Å². The Morgan fingerprint density at radius 3 is 2.57 bits per heavy atom. The number of ether oxygens (including phenoxy) is 1. The zero-order valence-electron chi connectivity index (χ0n) is 16.4. The standard InChI is InChI=1S/C13H17N5OS.C4H6N2.C2H2/c1-8-15-11(14-6-13-18-17-9(2)20-13)5-12(16-8)19-7-10-3-4-10;1-6-4-2-3-5-6;1-2/h5,10H,3-4,6-7H2,1-2H3,(H,14,15,16);2-4H,1H3;1-2H. The van der Waals surface area contributed by atoms with E-state index in [0.717, 1.165) is 22.4 Å². The van der Waals surface area contributed by atoms with E-state index >= 15 is 0 Å². The predicted molar refractivity (Wildman–Crippen MR) is 110 cm³/mol. The fraction of sp³-hybridized carbons (Fsp3) is 0.421. The molecule has 0 amide bonds. The van der Waals surface area contributed by atoms with E-state index in [1.165, 1.54) is 12.8 Å². The molecular weight excluding hydrogens is 374 g/mol. The van der Waals surface area contributed by atoms with Gasteiger partial charge in [-0.3, -0.25) is 4.68 Å². The van der Waals surface area contributed by atoms with E-state index in [9.17, 15) is 0 Å². The molecular formula is C19H25N7OS. The van der Waals surface area contributed by atoms with E-state index in [1.54, 1.807) is 22.2 Å². The Balaban J connectivity index is 0.000000296. The molecule has 0 radical (unpaired) electrons. The molecule has 1 fully saturated rings. The zero-order chi connectivity index (χ0) is 20.4. The molecule has 1 N–H and O–H groups in total. The maximum Gasteiger partial charge on any atom is 0.218 e. The fourth-order valence-corrected chi connectivity index (χ4v) is 2.76. The molecule has 9 heteroatoms. The Bertz CT molecular complexity index is 856. The van der Waals surface area contributed by atoms with E-state index in [0.29, 0.717) is 24.2 Å². The summed E-state index contributed by atoms with van der Waals surface area (Å²) in [6.45, 7) is 5.18. The number of nitrogens with zero attached hydrogens (tertiary/aromatic N) is 6. The van der Waals surface area contributed by atoms with E-state index in [1.807, 2.05) is 39.2 Å². The maximum atomic E-state index is 5.69. The summed E-state index contributed by atoms with van der Waals surface area (Å²) in [6.07, 6.45) is 14.2. The molecule has 1 aliphatic carbocycles. The van der Waals surface area contributed by atoms with Crippen molar-refractivity contribution in [2.45, 2.75) is 33.2 Å². The first-order valence-electron chi connectivity index (χ1n) is 8.87. The number of terminal acetylenes is 1. The zero-order valence-corrected chi connectivity index (χ0v) is 17.2. The average molecular weight is 400 g/mol. The quantitative estimate of drug-likeness (QED) is 0.637. The maximum absolute atomic E-state index is 5.69. The molecule has 28 heavy (non-hydrogen) atoms. The third-order valence-corrected chi connectivity index (χ3v) is 4.44. The number of aryl methyl sites for hydroxylation is 3. The monoisotopic (exact) mass is 399 g/mol. The van der Waals surface area contributed by atoms with Crippen molar-refractivity contribution in [1.29, 1.82) is 0 Å². The van der Waals surface area contributed by atoms with Gasteiger partial charge in [0.25, 0.3) is 0 Å². The van der Waals surface area contributed by atoms with Crippen molar-refractivity contribution < 1.29 is 4.74 Å². The van der Waals surface area contributed by atoms with Crippen molar-refractivity contribution in [3.05, 3.63) is 40.4 Å². The van der Waals surface area contributed by atoms with Crippen LogP contribution in [-0.4, -0.2) is 36.6 Å². The molecule has 3 aromatic rings. The lowest BCUT2D eigenvalue weighted by atomic mass is 10.4. The second kappa shape index (κ2) is 11.0. The van der Waals surface area contributed by atoms with Crippen LogP contribution in [0.15, 0.2) is 24.5 Å². The molecule has 0 aliphatic heterocycles. The van der Waals surface area contributed by atoms with Gasteiger partial charge in [0.1, 0.15) is 21.7 Å². The van der Waals surface area contributed by atoms with E-state index in [2.05, 4.69) is 43.4 Å². The minimum Gasteiger partial charge on any atom is -0.477 e. The number of nitrogens with one attached hydrogen (secondary N) is 1. The van der Waals surface area contributed by atoms with Crippen LogP contribution < -0.4 is 10.1 Å². The molecule has 8 nitrogen and oxygen atoms in total. The van der Waals surface area contributed by atoms with Gasteiger partial charge >= 0.3 is 0 Å². The molecule has 0 saturated heterocycles. The van der Waals surface area contributed by atoms with Crippen LogP contribution in [0.25, 0.3) is 0 Å². The van der Waals surface area contributed by atoms with Gasteiger partial charge in [0.15, 0.2) is 0 Å². The first-order chi connectivity index (χ1) is 13.6. The van der Waals surface area contributed by atoms with E-state index in [-0.39, 0.29) is 0 Å². The summed E-state index contributed by atoms with van der Waals surface area (Å²) in [5.74, 6) is 2.82. The van der Waals surface area contributed by atoms with Gasteiger partial charge < -0.3 is 10.1 Å². The van der Waals surface area contributed by atoms with Gasteiger partial charge in [0, 0.05) is 25.5 Å². The van der Waals surface area contributed by atoms with Crippen LogP contribution in [0.4, 0.5) is 5.82 Å². The van der Waals surface area contributed by atoms with E-state index in [4.69, 9.17) is 4.74 Å².